The van der Waals surface area contributed by atoms with E-state index in [4.69, 9.17) is 16.3 Å². The number of likely N-dealkylation sites (N-methyl/N-ethyl adjacent to an activating group) is 1. The molecule has 0 unspecified atom stereocenters. The molecule has 0 aliphatic heterocycles. The van der Waals surface area contributed by atoms with E-state index >= 15 is 0 Å². The SMILES string of the molecule is CCOC(=O)CN(C)CCC(=O)Nc1cccc(Cl)c1. The summed E-state index contributed by atoms with van der Waals surface area (Å²) in [6, 6.07) is 6.96. The largest absolute Gasteiger partial charge is 0.465 e. The van der Waals surface area contributed by atoms with Crippen LogP contribution in [0.2, 0.25) is 5.02 Å². The molecule has 6 heteroatoms. The molecule has 0 aromatic heterocycles. The second-order valence-electron chi connectivity index (χ2n) is 4.35. The van der Waals surface area contributed by atoms with Crippen molar-refractivity contribution in [3.63, 3.8) is 0 Å². The minimum Gasteiger partial charge on any atom is -0.465 e. The van der Waals surface area contributed by atoms with Gasteiger partial charge in [0.05, 0.1) is 13.2 Å². The zero-order valence-corrected chi connectivity index (χ0v) is 12.4. The fourth-order valence-corrected chi connectivity index (χ4v) is 1.78. The first kappa shape index (κ1) is 16.5. The van der Waals surface area contributed by atoms with E-state index in [1.54, 1.807) is 43.1 Å². The molecule has 0 heterocycles. The van der Waals surface area contributed by atoms with Gasteiger partial charge in [0.1, 0.15) is 0 Å². The Labute approximate surface area is 123 Å². The molecule has 1 rings (SSSR count). The van der Waals surface area contributed by atoms with Crippen LogP contribution in [-0.2, 0) is 14.3 Å². The third kappa shape index (κ3) is 6.54. The molecule has 0 aliphatic rings. The predicted octanol–water partition coefficient (Wildman–Crippen LogP) is 2.16. The maximum Gasteiger partial charge on any atom is 0.320 e. The average Bonchev–Trinajstić information content (AvgIpc) is 2.36. The summed E-state index contributed by atoms with van der Waals surface area (Å²) in [6.45, 7) is 2.78. The number of nitrogens with one attached hydrogen (secondary N) is 1. The molecular weight excluding hydrogens is 280 g/mol. The van der Waals surface area contributed by atoms with Gasteiger partial charge >= 0.3 is 5.97 Å². The van der Waals surface area contributed by atoms with Crippen molar-refractivity contribution in [1.82, 2.24) is 4.90 Å². The lowest BCUT2D eigenvalue weighted by molar-refractivity contribution is -0.144. The van der Waals surface area contributed by atoms with E-state index in [0.29, 0.717) is 30.3 Å². The number of esters is 1. The van der Waals surface area contributed by atoms with Gasteiger partial charge in [-0.3, -0.25) is 14.5 Å². The molecule has 1 aromatic rings. The normalized spacial score (nSPS) is 10.4. The van der Waals surface area contributed by atoms with Crippen molar-refractivity contribution in [2.75, 3.05) is 32.1 Å². The lowest BCUT2D eigenvalue weighted by Crippen LogP contribution is -2.30. The van der Waals surface area contributed by atoms with Crippen molar-refractivity contribution < 1.29 is 14.3 Å². The van der Waals surface area contributed by atoms with E-state index in [1.165, 1.54) is 0 Å². The van der Waals surface area contributed by atoms with Gasteiger partial charge in [-0.25, -0.2) is 0 Å². The number of carbonyl (C=O) groups is 2. The summed E-state index contributed by atoms with van der Waals surface area (Å²) in [5, 5.41) is 3.32. The predicted molar refractivity (Wildman–Crippen MR) is 78.8 cm³/mol. The van der Waals surface area contributed by atoms with E-state index in [0.717, 1.165) is 0 Å². The van der Waals surface area contributed by atoms with E-state index in [9.17, 15) is 9.59 Å². The van der Waals surface area contributed by atoms with Crippen LogP contribution in [0, 0.1) is 0 Å². The highest BCUT2D eigenvalue weighted by Crippen LogP contribution is 2.14. The molecule has 1 aromatic carbocycles. The Bertz CT molecular complexity index is 465. The third-order valence-electron chi connectivity index (χ3n) is 2.53. The molecule has 0 saturated carbocycles. The standard InChI is InChI=1S/C14H19ClN2O3/c1-3-20-14(19)10-17(2)8-7-13(18)16-12-6-4-5-11(15)9-12/h4-6,9H,3,7-8,10H2,1-2H3,(H,16,18). The molecule has 5 nitrogen and oxygen atoms in total. The van der Waals surface area contributed by atoms with Crippen molar-refractivity contribution in [3.8, 4) is 0 Å². The Morgan fingerprint density at radius 3 is 2.80 bits per heavy atom. The van der Waals surface area contributed by atoms with Gasteiger partial charge in [-0.2, -0.15) is 0 Å². The fraction of sp³-hybridized carbons (Fsp3) is 0.429. The van der Waals surface area contributed by atoms with Gasteiger partial charge in [-0.15, -0.1) is 0 Å². The molecule has 0 radical (unpaired) electrons. The summed E-state index contributed by atoms with van der Waals surface area (Å²) in [5.74, 6) is -0.409. The molecule has 0 bridgehead atoms. The van der Waals surface area contributed by atoms with Crippen LogP contribution in [0.25, 0.3) is 0 Å². The summed E-state index contributed by atoms with van der Waals surface area (Å²) in [5.41, 5.74) is 0.663. The van der Waals surface area contributed by atoms with Crippen LogP contribution in [0.15, 0.2) is 24.3 Å². The number of halogens is 1. The molecule has 0 aliphatic carbocycles. The van der Waals surface area contributed by atoms with Gasteiger partial charge in [-0.05, 0) is 32.2 Å². The summed E-state index contributed by atoms with van der Waals surface area (Å²) in [4.78, 5) is 24.7. The smallest absolute Gasteiger partial charge is 0.320 e. The number of benzene rings is 1. The maximum absolute atomic E-state index is 11.7. The summed E-state index contributed by atoms with van der Waals surface area (Å²) in [6.07, 6.45) is 0.294. The highest BCUT2D eigenvalue weighted by molar-refractivity contribution is 6.30. The number of hydrogen-bond donors (Lipinski definition) is 1. The van der Waals surface area contributed by atoms with Crippen molar-refractivity contribution in [1.29, 1.82) is 0 Å². The molecular formula is C14H19ClN2O3. The maximum atomic E-state index is 11.7. The van der Waals surface area contributed by atoms with Crippen LogP contribution in [0.3, 0.4) is 0 Å². The van der Waals surface area contributed by atoms with Crippen molar-refractivity contribution >= 4 is 29.2 Å². The highest BCUT2D eigenvalue weighted by atomic mass is 35.5. The Kier molecular flexibility index (Phi) is 7.04. The zero-order valence-electron chi connectivity index (χ0n) is 11.7. The van der Waals surface area contributed by atoms with E-state index in [-0.39, 0.29) is 18.4 Å². The van der Waals surface area contributed by atoms with Crippen LogP contribution >= 0.6 is 11.6 Å². The molecule has 20 heavy (non-hydrogen) atoms. The molecule has 0 atom stereocenters. The van der Waals surface area contributed by atoms with Crippen molar-refractivity contribution in [3.05, 3.63) is 29.3 Å². The first-order valence-electron chi connectivity index (χ1n) is 6.41. The van der Waals surface area contributed by atoms with Gasteiger partial charge < -0.3 is 10.1 Å². The van der Waals surface area contributed by atoms with Gasteiger partial charge in [0.25, 0.3) is 0 Å². The Balaban J connectivity index is 2.31. The second-order valence-corrected chi connectivity index (χ2v) is 4.79. The molecule has 0 saturated heterocycles. The summed E-state index contributed by atoms with van der Waals surface area (Å²) >= 11 is 5.83. The molecule has 0 spiro atoms. The van der Waals surface area contributed by atoms with Crippen LogP contribution in [0.5, 0.6) is 0 Å². The van der Waals surface area contributed by atoms with Crippen molar-refractivity contribution in [2.45, 2.75) is 13.3 Å². The average molecular weight is 299 g/mol. The fourth-order valence-electron chi connectivity index (χ4n) is 1.59. The second kappa shape index (κ2) is 8.55. The van der Waals surface area contributed by atoms with E-state index < -0.39 is 0 Å². The quantitative estimate of drug-likeness (QED) is 0.784. The van der Waals surface area contributed by atoms with Gasteiger partial charge in [0.2, 0.25) is 5.91 Å². The molecule has 1 N–H and O–H groups in total. The van der Waals surface area contributed by atoms with Crippen LogP contribution in [-0.4, -0.2) is 43.5 Å². The first-order chi connectivity index (χ1) is 9.51. The minimum atomic E-state index is -0.287. The van der Waals surface area contributed by atoms with Gasteiger partial charge in [0.15, 0.2) is 0 Å². The number of nitrogens with zero attached hydrogens (tertiary/aromatic N) is 1. The van der Waals surface area contributed by atoms with Crippen molar-refractivity contribution in [2.24, 2.45) is 0 Å². The molecule has 110 valence electrons. The van der Waals surface area contributed by atoms with Gasteiger partial charge in [-0.1, -0.05) is 17.7 Å². The number of carbonyl (C=O) groups excluding carboxylic acids is 2. The van der Waals surface area contributed by atoms with E-state index in [1.807, 2.05) is 0 Å². The highest BCUT2D eigenvalue weighted by Gasteiger charge is 2.09. The monoisotopic (exact) mass is 298 g/mol. The Morgan fingerprint density at radius 1 is 1.40 bits per heavy atom. The number of hydrogen-bond acceptors (Lipinski definition) is 4. The lowest BCUT2D eigenvalue weighted by atomic mass is 10.3. The van der Waals surface area contributed by atoms with Gasteiger partial charge in [0, 0.05) is 23.7 Å². The lowest BCUT2D eigenvalue weighted by Gasteiger charge is -2.15. The van der Waals surface area contributed by atoms with Crippen LogP contribution in [0.4, 0.5) is 5.69 Å². The van der Waals surface area contributed by atoms with Crippen LogP contribution < -0.4 is 5.32 Å². The van der Waals surface area contributed by atoms with E-state index in [2.05, 4.69) is 5.32 Å². The number of ether oxygens (including phenoxy) is 1. The van der Waals surface area contributed by atoms with Crippen LogP contribution in [0.1, 0.15) is 13.3 Å². The summed E-state index contributed by atoms with van der Waals surface area (Å²) in [7, 11) is 1.77. The number of amides is 1. The first-order valence-corrected chi connectivity index (χ1v) is 6.78. The topological polar surface area (TPSA) is 58.6 Å². The Morgan fingerprint density at radius 2 is 2.15 bits per heavy atom. The Hall–Kier alpha value is -1.59. The zero-order chi connectivity index (χ0) is 15.0. The number of anilines is 1. The minimum absolute atomic E-state index is 0.122. The number of rotatable bonds is 7. The molecule has 1 amide bonds. The summed E-state index contributed by atoms with van der Waals surface area (Å²) < 4.78 is 4.83. The third-order valence-corrected chi connectivity index (χ3v) is 2.77. The molecule has 0 fully saturated rings.